The van der Waals surface area contributed by atoms with Crippen LogP contribution < -0.4 is 0 Å². The van der Waals surface area contributed by atoms with Crippen LogP contribution in [0, 0.1) is 0 Å². The van der Waals surface area contributed by atoms with Crippen molar-refractivity contribution in [3.05, 3.63) is 78.7 Å². The summed E-state index contributed by atoms with van der Waals surface area (Å²) >= 11 is 0. The minimum Gasteiger partial charge on any atom is -0.343 e. The highest BCUT2D eigenvalue weighted by atomic mass is 16.8. The van der Waals surface area contributed by atoms with E-state index in [0.29, 0.717) is 0 Å². The van der Waals surface area contributed by atoms with Crippen LogP contribution in [0.1, 0.15) is 186 Å². The fourth-order valence-corrected chi connectivity index (χ4v) is 7.77. The average Bonchev–Trinajstić information content (AvgIpc) is 3.70. The zero-order valence-corrected chi connectivity index (χ0v) is 34.0. The Morgan fingerprint density at radius 3 is 1.40 bits per heavy atom. The number of hydrogen-bond acceptors (Lipinski definition) is 4. The zero-order chi connectivity index (χ0) is 36.6. The van der Waals surface area contributed by atoms with E-state index in [1.165, 1.54) is 147 Å². The second kappa shape index (κ2) is 30.3. The first kappa shape index (κ1) is 44.4. The number of allylic oxidation sites excluding steroid dienone is 8. The van der Waals surface area contributed by atoms with Gasteiger partial charge in [0, 0.05) is 44.9 Å². The van der Waals surface area contributed by atoms with Gasteiger partial charge >= 0.3 is 0 Å². The smallest absolute Gasteiger partial charge is 0.169 e. The lowest BCUT2D eigenvalue weighted by molar-refractivity contribution is -0.193. The maximum absolute atomic E-state index is 6.91. The highest BCUT2D eigenvalue weighted by molar-refractivity contribution is 5.10. The van der Waals surface area contributed by atoms with Crippen molar-refractivity contribution in [2.24, 2.45) is 0 Å². The van der Waals surface area contributed by atoms with Gasteiger partial charge in [0.2, 0.25) is 0 Å². The van der Waals surface area contributed by atoms with Gasteiger partial charge in [-0.25, -0.2) is 0 Å². The Bertz CT molecular complexity index is 1020. The van der Waals surface area contributed by atoms with E-state index in [-0.39, 0.29) is 18.0 Å². The number of aromatic nitrogens is 1. The lowest BCUT2D eigenvalue weighted by Gasteiger charge is -2.31. The normalized spacial score (nSPS) is 19.0. The predicted molar refractivity (Wildman–Crippen MR) is 225 cm³/mol. The van der Waals surface area contributed by atoms with Gasteiger partial charge in [-0.2, -0.15) is 0 Å². The summed E-state index contributed by atoms with van der Waals surface area (Å²) in [6.45, 7) is 7.61. The summed E-state index contributed by atoms with van der Waals surface area (Å²) in [6.07, 6.45) is 57.2. The Morgan fingerprint density at radius 1 is 0.558 bits per heavy atom. The van der Waals surface area contributed by atoms with Crippen molar-refractivity contribution in [3.8, 4) is 0 Å². The van der Waals surface area contributed by atoms with E-state index in [2.05, 4.69) is 84.5 Å². The molecule has 4 heteroatoms. The number of nitrogens with zero attached hydrogens (tertiary/aromatic N) is 2. The first-order valence-electron chi connectivity index (χ1n) is 22.3. The second-order valence-electron chi connectivity index (χ2n) is 15.8. The molecule has 2 fully saturated rings. The summed E-state index contributed by atoms with van der Waals surface area (Å²) in [5, 5.41) is 0. The molecule has 2 saturated heterocycles. The molecule has 294 valence electrons. The molecule has 1 aromatic heterocycles. The monoisotopic (exact) mass is 717 g/mol. The van der Waals surface area contributed by atoms with E-state index >= 15 is 0 Å². The summed E-state index contributed by atoms with van der Waals surface area (Å²) in [5.41, 5.74) is 1.36. The van der Waals surface area contributed by atoms with Crippen molar-refractivity contribution >= 4 is 0 Å². The van der Waals surface area contributed by atoms with E-state index in [1.54, 1.807) is 0 Å². The van der Waals surface area contributed by atoms with Crippen molar-refractivity contribution in [2.45, 2.75) is 205 Å². The van der Waals surface area contributed by atoms with E-state index in [4.69, 9.17) is 9.47 Å². The van der Waals surface area contributed by atoms with Crippen molar-refractivity contribution < 1.29 is 9.47 Å². The second-order valence-corrected chi connectivity index (χ2v) is 15.8. The zero-order valence-electron chi connectivity index (χ0n) is 34.0. The summed E-state index contributed by atoms with van der Waals surface area (Å²) in [4.78, 5) is 6.71. The van der Waals surface area contributed by atoms with E-state index < -0.39 is 0 Å². The molecule has 0 N–H and O–H groups in total. The van der Waals surface area contributed by atoms with E-state index in [0.717, 1.165) is 51.7 Å². The Kier molecular flexibility index (Phi) is 25.9. The lowest BCUT2D eigenvalue weighted by Crippen LogP contribution is -2.36. The number of likely N-dealkylation sites (tertiary alicyclic amines) is 1. The molecule has 0 radical (unpaired) electrons. The quantitative estimate of drug-likeness (QED) is 0.0536. The molecule has 3 rings (SSSR count). The highest BCUT2D eigenvalue weighted by Gasteiger charge is 2.50. The summed E-state index contributed by atoms with van der Waals surface area (Å²) < 4.78 is 13.8. The van der Waals surface area contributed by atoms with Gasteiger partial charge in [-0.3, -0.25) is 9.88 Å². The van der Waals surface area contributed by atoms with Gasteiger partial charge in [-0.1, -0.05) is 140 Å². The summed E-state index contributed by atoms with van der Waals surface area (Å²) in [7, 11) is 0. The maximum Gasteiger partial charge on any atom is 0.169 e. The van der Waals surface area contributed by atoms with Crippen LogP contribution >= 0.6 is 0 Å². The predicted octanol–water partition coefficient (Wildman–Crippen LogP) is 13.8. The molecular weight excluding hydrogens is 637 g/mol. The van der Waals surface area contributed by atoms with Crippen LogP contribution in [0.25, 0.3) is 0 Å². The highest BCUT2D eigenvalue weighted by Crippen LogP contribution is 2.40. The molecule has 52 heavy (non-hydrogen) atoms. The molecule has 0 saturated carbocycles. The van der Waals surface area contributed by atoms with Gasteiger partial charge < -0.3 is 9.47 Å². The third kappa shape index (κ3) is 21.0. The van der Waals surface area contributed by atoms with E-state index in [9.17, 15) is 0 Å². The molecule has 3 heterocycles. The fraction of sp³-hybridized carbons (Fsp3) is 0.729. The van der Waals surface area contributed by atoms with Crippen LogP contribution in [0.2, 0.25) is 0 Å². The van der Waals surface area contributed by atoms with Crippen LogP contribution in [0.3, 0.4) is 0 Å². The molecule has 1 aromatic rings. The minimum atomic E-state index is -0.350. The number of rotatable bonds is 33. The Hall–Kier alpha value is -2.01. The van der Waals surface area contributed by atoms with Gasteiger partial charge in [0.15, 0.2) is 5.79 Å². The SMILES string of the molecule is CCCCC/C=C\C/C=C\CCCCCCCCC1(CCCCCCCC/C=C\C/C=C\CCCCC)O[C@H]2CN(CCc3ccncc3)C[C@@H]2O1. The number of hydrogen-bond donors (Lipinski definition) is 0. The summed E-state index contributed by atoms with van der Waals surface area (Å²) in [5.74, 6) is -0.350. The van der Waals surface area contributed by atoms with Crippen molar-refractivity contribution in [2.75, 3.05) is 19.6 Å². The Labute approximate surface area is 322 Å². The third-order valence-electron chi connectivity index (χ3n) is 11.0. The minimum absolute atomic E-state index is 0.228. The van der Waals surface area contributed by atoms with Crippen LogP contribution in [0.4, 0.5) is 0 Å². The Balaban J connectivity index is 1.28. The molecule has 0 bridgehead atoms. The average molecular weight is 717 g/mol. The van der Waals surface area contributed by atoms with Gasteiger partial charge in [-0.05, 0) is 101 Å². The van der Waals surface area contributed by atoms with Crippen molar-refractivity contribution in [3.63, 3.8) is 0 Å². The lowest BCUT2D eigenvalue weighted by atomic mass is 9.98. The third-order valence-corrected chi connectivity index (χ3v) is 11.0. The molecule has 2 aliphatic heterocycles. The molecule has 0 unspecified atom stereocenters. The number of fused-ring (bicyclic) bond motifs is 1. The molecule has 2 atom stereocenters. The van der Waals surface area contributed by atoms with Crippen LogP contribution in [0.15, 0.2) is 73.1 Å². The van der Waals surface area contributed by atoms with Gasteiger partial charge in [0.05, 0.1) is 0 Å². The largest absolute Gasteiger partial charge is 0.343 e. The molecular formula is C48H80N2O2. The number of pyridine rings is 1. The molecule has 4 nitrogen and oxygen atoms in total. The Morgan fingerprint density at radius 2 is 0.962 bits per heavy atom. The maximum atomic E-state index is 6.91. The standard InChI is InChI=1S/C48H80N2O2/c1-3-5-7-9-11-13-15-17-19-21-23-25-27-29-31-33-38-48(39-34-32-30-28-26-24-22-20-18-16-14-12-10-8-6-4-2)51-46-43-50(44-47(46)52-48)42-37-45-35-40-49-41-36-45/h11-14,17-20,35-36,40-41,46-47H,3-10,15-16,21-34,37-39,42-44H2,1-2H3/b13-11-,14-12-,19-17-,20-18-/t46-,47-/m0/s1. The number of unbranched alkanes of at least 4 members (excludes halogenated alkanes) is 18. The van der Waals surface area contributed by atoms with Crippen LogP contribution in [-0.2, 0) is 15.9 Å². The molecule has 2 aliphatic rings. The topological polar surface area (TPSA) is 34.6 Å². The molecule has 0 amide bonds. The number of ether oxygens (including phenoxy) is 2. The van der Waals surface area contributed by atoms with Gasteiger partial charge in [-0.15, -0.1) is 0 Å². The first-order chi connectivity index (χ1) is 25.7. The molecule has 0 spiro atoms. The van der Waals surface area contributed by atoms with Crippen molar-refractivity contribution in [1.29, 1.82) is 0 Å². The van der Waals surface area contributed by atoms with E-state index in [1.807, 2.05) is 12.4 Å². The first-order valence-corrected chi connectivity index (χ1v) is 22.3. The van der Waals surface area contributed by atoms with Gasteiger partial charge in [0.1, 0.15) is 12.2 Å². The van der Waals surface area contributed by atoms with Gasteiger partial charge in [0.25, 0.3) is 0 Å². The van der Waals surface area contributed by atoms with Crippen LogP contribution in [-0.4, -0.2) is 47.5 Å². The summed E-state index contributed by atoms with van der Waals surface area (Å²) in [6, 6.07) is 4.27. The fourth-order valence-electron chi connectivity index (χ4n) is 7.77. The van der Waals surface area contributed by atoms with Crippen LogP contribution in [0.5, 0.6) is 0 Å². The molecule has 0 aliphatic carbocycles. The van der Waals surface area contributed by atoms with Crippen molar-refractivity contribution in [1.82, 2.24) is 9.88 Å². The molecule has 0 aromatic carbocycles.